The molecule has 0 aliphatic heterocycles. The number of carbonyl (C=O) groups is 1. The summed E-state index contributed by atoms with van der Waals surface area (Å²) in [5.74, 6) is -0.0171. The third-order valence-electron chi connectivity index (χ3n) is 3.75. The van der Waals surface area contributed by atoms with Crippen LogP contribution in [0, 0.1) is 13.8 Å². The molecule has 0 saturated heterocycles. The van der Waals surface area contributed by atoms with Crippen LogP contribution in [0.2, 0.25) is 10.0 Å². The quantitative estimate of drug-likeness (QED) is 0.684. The number of halogens is 2. The molecule has 0 atom stereocenters. The molecule has 6 heteroatoms. The Morgan fingerprint density at radius 3 is 2.36 bits per heavy atom. The summed E-state index contributed by atoms with van der Waals surface area (Å²) in [5.41, 5.74) is 1.91. The highest BCUT2D eigenvalue weighted by molar-refractivity contribution is 6.37. The number of nitrogens with zero attached hydrogens (tertiary/aromatic N) is 1. The van der Waals surface area contributed by atoms with Gasteiger partial charge in [0.15, 0.2) is 12.4 Å². The molecule has 0 fully saturated rings. The monoisotopic (exact) mass is 374 g/mol. The Hall–Kier alpha value is -2.30. The molecule has 25 heavy (non-hydrogen) atoms. The molecule has 0 aliphatic carbocycles. The first-order valence-electron chi connectivity index (χ1n) is 7.69. The zero-order chi connectivity index (χ0) is 18.0. The van der Waals surface area contributed by atoms with Gasteiger partial charge >= 0.3 is 0 Å². The topological polar surface area (TPSA) is 51.2 Å². The lowest BCUT2D eigenvalue weighted by Gasteiger charge is -2.13. The van der Waals surface area contributed by atoms with Crippen LogP contribution in [-0.2, 0) is 4.79 Å². The summed E-state index contributed by atoms with van der Waals surface area (Å²) in [5, 5.41) is 5.59. The molecule has 0 unspecified atom stereocenters. The third-order valence-corrected chi connectivity index (χ3v) is 4.64. The number of fused-ring (bicyclic) bond motifs is 1. The molecule has 0 spiro atoms. The van der Waals surface area contributed by atoms with Gasteiger partial charge in [0.1, 0.15) is 10.0 Å². The van der Waals surface area contributed by atoms with E-state index in [1.807, 2.05) is 42.5 Å². The maximum atomic E-state index is 12.2. The molecule has 128 valence electrons. The number of pyridine rings is 1. The highest BCUT2D eigenvalue weighted by Crippen LogP contribution is 2.36. The summed E-state index contributed by atoms with van der Waals surface area (Å²) in [6.07, 6.45) is 0. The fraction of sp³-hybridized carbons (Fsp3) is 0.158. The van der Waals surface area contributed by atoms with Gasteiger partial charge in [0.25, 0.3) is 5.91 Å². The molecule has 3 rings (SSSR count). The predicted molar refractivity (Wildman–Crippen MR) is 102 cm³/mol. The lowest BCUT2D eigenvalue weighted by Crippen LogP contribution is -2.20. The van der Waals surface area contributed by atoms with Crippen LogP contribution >= 0.6 is 23.2 Å². The van der Waals surface area contributed by atoms with Gasteiger partial charge in [-0.3, -0.25) is 9.78 Å². The standard InChI is InChI=1S/C19H16Cl2N2O2/c1-11-17(20)19(18(21)12(2)22-11)25-10-16(24)23-15-8-7-13-5-3-4-6-14(13)9-15/h3-9H,10H2,1-2H3,(H,23,24). The van der Waals surface area contributed by atoms with E-state index in [1.54, 1.807) is 13.8 Å². The largest absolute Gasteiger partial charge is 0.480 e. The lowest BCUT2D eigenvalue weighted by molar-refractivity contribution is -0.118. The Labute approximate surface area is 155 Å². The number of hydrogen-bond acceptors (Lipinski definition) is 3. The summed E-state index contributed by atoms with van der Waals surface area (Å²) < 4.78 is 5.53. The average Bonchev–Trinajstić information content (AvgIpc) is 2.60. The number of anilines is 1. The summed E-state index contributed by atoms with van der Waals surface area (Å²) in [4.78, 5) is 16.4. The first-order valence-corrected chi connectivity index (χ1v) is 8.45. The molecule has 0 bridgehead atoms. The average molecular weight is 375 g/mol. The van der Waals surface area contributed by atoms with E-state index in [0.717, 1.165) is 10.8 Å². The van der Waals surface area contributed by atoms with Crippen molar-refractivity contribution < 1.29 is 9.53 Å². The summed E-state index contributed by atoms with van der Waals surface area (Å²) >= 11 is 12.4. The number of rotatable bonds is 4. The van der Waals surface area contributed by atoms with Crippen molar-refractivity contribution in [2.24, 2.45) is 0 Å². The molecule has 0 aliphatic rings. The number of amides is 1. The van der Waals surface area contributed by atoms with Gasteiger partial charge in [-0.25, -0.2) is 0 Å². The highest BCUT2D eigenvalue weighted by atomic mass is 35.5. The Morgan fingerprint density at radius 2 is 1.68 bits per heavy atom. The number of carbonyl (C=O) groups excluding carboxylic acids is 1. The summed E-state index contributed by atoms with van der Waals surface area (Å²) in [7, 11) is 0. The predicted octanol–water partition coefficient (Wildman–Crippen LogP) is 5.18. The second kappa shape index (κ2) is 7.30. The minimum Gasteiger partial charge on any atom is -0.480 e. The number of benzene rings is 2. The van der Waals surface area contributed by atoms with Crippen molar-refractivity contribution in [3.05, 3.63) is 63.9 Å². The summed E-state index contributed by atoms with van der Waals surface area (Å²) in [6.45, 7) is 3.32. The van der Waals surface area contributed by atoms with Gasteiger partial charge in [-0.2, -0.15) is 0 Å². The van der Waals surface area contributed by atoms with Crippen LogP contribution in [0.25, 0.3) is 10.8 Å². The van der Waals surface area contributed by atoms with Gasteiger partial charge in [-0.05, 0) is 36.8 Å². The fourth-order valence-electron chi connectivity index (χ4n) is 2.50. The second-order valence-electron chi connectivity index (χ2n) is 5.64. The van der Waals surface area contributed by atoms with Gasteiger partial charge in [0.2, 0.25) is 0 Å². The molecule has 1 heterocycles. The van der Waals surface area contributed by atoms with Gasteiger partial charge in [-0.1, -0.05) is 53.5 Å². The van der Waals surface area contributed by atoms with Crippen LogP contribution in [0.3, 0.4) is 0 Å². The number of hydrogen-bond donors (Lipinski definition) is 1. The van der Waals surface area contributed by atoms with Crippen molar-refractivity contribution in [1.82, 2.24) is 4.98 Å². The van der Waals surface area contributed by atoms with Gasteiger partial charge in [-0.15, -0.1) is 0 Å². The minimum absolute atomic E-state index is 0.199. The van der Waals surface area contributed by atoms with Crippen LogP contribution in [0.5, 0.6) is 5.75 Å². The van der Waals surface area contributed by atoms with Gasteiger partial charge in [0.05, 0.1) is 11.4 Å². The van der Waals surface area contributed by atoms with E-state index in [1.165, 1.54) is 0 Å². The molecule has 3 aromatic rings. The smallest absolute Gasteiger partial charge is 0.262 e. The number of nitrogens with one attached hydrogen (secondary N) is 1. The Morgan fingerprint density at radius 1 is 1.04 bits per heavy atom. The van der Waals surface area contributed by atoms with E-state index in [0.29, 0.717) is 27.1 Å². The van der Waals surface area contributed by atoms with E-state index < -0.39 is 0 Å². The van der Waals surface area contributed by atoms with Crippen LogP contribution in [0.4, 0.5) is 5.69 Å². The van der Waals surface area contributed by atoms with E-state index in [9.17, 15) is 4.79 Å². The van der Waals surface area contributed by atoms with Crippen LogP contribution in [0.15, 0.2) is 42.5 Å². The van der Waals surface area contributed by atoms with E-state index in [4.69, 9.17) is 27.9 Å². The first kappa shape index (κ1) is 17.5. The molecule has 1 amide bonds. The molecular formula is C19H16Cl2N2O2. The van der Waals surface area contributed by atoms with Crippen molar-refractivity contribution in [3.63, 3.8) is 0 Å². The van der Waals surface area contributed by atoms with Crippen LogP contribution < -0.4 is 10.1 Å². The second-order valence-corrected chi connectivity index (χ2v) is 6.39. The Bertz CT molecular complexity index is 931. The van der Waals surface area contributed by atoms with Crippen molar-refractivity contribution in [2.45, 2.75) is 13.8 Å². The SMILES string of the molecule is Cc1nc(C)c(Cl)c(OCC(=O)Nc2ccc3ccccc3c2)c1Cl. The molecule has 4 nitrogen and oxygen atoms in total. The zero-order valence-electron chi connectivity index (χ0n) is 13.8. The third kappa shape index (κ3) is 3.86. The molecule has 0 radical (unpaired) electrons. The summed E-state index contributed by atoms with van der Waals surface area (Å²) in [6, 6.07) is 13.6. The van der Waals surface area contributed by atoms with E-state index >= 15 is 0 Å². The normalized spacial score (nSPS) is 10.7. The maximum absolute atomic E-state index is 12.2. The lowest BCUT2D eigenvalue weighted by atomic mass is 10.1. The number of ether oxygens (including phenoxy) is 1. The first-order chi connectivity index (χ1) is 12.0. The van der Waals surface area contributed by atoms with E-state index in [-0.39, 0.29) is 18.3 Å². The maximum Gasteiger partial charge on any atom is 0.262 e. The van der Waals surface area contributed by atoms with Crippen molar-refractivity contribution in [3.8, 4) is 5.75 Å². The molecular weight excluding hydrogens is 359 g/mol. The number of aryl methyl sites for hydroxylation is 2. The molecule has 2 aromatic carbocycles. The van der Waals surface area contributed by atoms with Crippen molar-refractivity contribution in [2.75, 3.05) is 11.9 Å². The van der Waals surface area contributed by atoms with Crippen LogP contribution in [0.1, 0.15) is 11.4 Å². The minimum atomic E-state index is -0.297. The van der Waals surface area contributed by atoms with Gasteiger partial charge < -0.3 is 10.1 Å². The van der Waals surface area contributed by atoms with E-state index in [2.05, 4.69) is 10.3 Å². The number of aromatic nitrogens is 1. The van der Waals surface area contributed by atoms with Crippen LogP contribution in [-0.4, -0.2) is 17.5 Å². The van der Waals surface area contributed by atoms with Crippen molar-refractivity contribution >= 4 is 45.6 Å². The Balaban J connectivity index is 1.71. The molecule has 1 aromatic heterocycles. The fourth-order valence-corrected chi connectivity index (χ4v) is 2.93. The highest BCUT2D eigenvalue weighted by Gasteiger charge is 2.16. The Kier molecular flexibility index (Phi) is 5.11. The molecule has 0 saturated carbocycles. The molecule has 1 N–H and O–H groups in total. The zero-order valence-corrected chi connectivity index (χ0v) is 15.3. The van der Waals surface area contributed by atoms with Gasteiger partial charge in [0, 0.05) is 5.69 Å². The van der Waals surface area contributed by atoms with Crippen molar-refractivity contribution in [1.29, 1.82) is 0 Å².